The van der Waals surface area contributed by atoms with Gasteiger partial charge in [-0.2, -0.15) is 0 Å². The van der Waals surface area contributed by atoms with Crippen LogP contribution in [0.2, 0.25) is 0 Å². The standard InChI is InChI=1S/C6H7NO.Pd/c8-6-3-1-2-4-7-5-6;/h1-5,7-8H;. The van der Waals surface area contributed by atoms with Crippen molar-refractivity contribution >= 4 is 0 Å². The summed E-state index contributed by atoms with van der Waals surface area (Å²) in [6, 6.07) is 0. The van der Waals surface area contributed by atoms with Crippen LogP contribution in [0.3, 0.4) is 0 Å². The van der Waals surface area contributed by atoms with Crippen LogP contribution in [0.15, 0.2) is 36.4 Å². The van der Waals surface area contributed by atoms with Gasteiger partial charge in [0.1, 0.15) is 5.76 Å². The molecule has 3 heteroatoms. The molecule has 0 aliphatic carbocycles. The van der Waals surface area contributed by atoms with E-state index >= 15 is 0 Å². The van der Waals surface area contributed by atoms with Crippen molar-refractivity contribution in [3.05, 3.63) is 36.4 Å². The van der Waals surface area contributed by atoms with Crippen molar-refractivity contribution in [1.29, 1.82) is 0 Å². The number of hydrogen-bond acceptors (Lipinski definition) is 2. The summed E-state index contributed by atoms with van der Waals surface area (Å²) in [7, 11) is 0. The molecule has 0 radical (unpaired) electrons. The van der Waals surface area contributed by atoms with Crippen LogP contribution in [0.5, 0.6) is 0 Å². The third-order valence-corrected chi connectivity index (χ3v) is 0.802. The molecular formula is C6H7NOPd. The maximum absolute atomic E-state index is 8.76. The minimum absolute atomic E-state index is 0. The maximum atomic E-state index is 8.76. The van der Waals surface area contributed by atoms with Gasteiger partial charge >= 0.3 is 0 Å². The molecule has 0 saturated heterocycles. The molecule has 0 atom stereocenters. The van der Waals surface area contributed by atoms with Gasteiger partial charge in [-0.3, -0.25) is 0 Å². The summed E-state index contributed by atoms with van der Waals surface area (Å²) in [5.74, 6) is 0.245. The number of rotatable bonds is 0. The summed E-state index contributed by atoms with van der Waals surface area (Å²) < 4.78 is 0. The first kappa shape index (κ1) is 8.48. The number of aliphatic hydroxyl groups excluding tert-OH is 1. The van der Waals surface area contributed by atoms with Crippen LogP contribution in [0.25, 0.3) is 0 Å². The van der Waals surface area contributed by atoms with Crippen molar-refractivity contribution in [2.45, 2.75) is 0 Å². The van der Waals surface area contributed by atoms with Crippen molar-refractivity contribution < 1.29 is 25.5 Å². The van der Waals surface area contributed by atoms with Crippen LogP contribution in [0.1, 0.15) is 0 Å². The van der Waals surface area contributed by atoms with Gasteiger partial charge < -0.3 is 10.4 Å². The Morgan fingerprint density at radius 2 is 2.11 bits per heavy atom. The molecular weight excluding hydrogens is 208 g/mol. The Kier molecular flexibility index (Phi) is 4.12. The van der Waals surface area contributed by atoms with E-state index in [4.69, 9.17) is 5.11 Å². The van der Waals surface area contributed by atoms with E-state index in [0.29, 0.717) is 0 Å². The van der Waals surface area contributed by atoms with Crippen molar-refractivity contribution in [2.24, 2.45) is 0 Å². The molecule has 1 aliphatic heterocycles. The molecule has 2 nitrogen and oxygen atoms in total. The molecule has 9 heavy (non-hydrogen) atoms. The average molecular weight is 216 g/mol. The zero-order valence-electron chi connectivity index (χ0n) is 4.65. The fourth-order valence-electron chi connectivity index (χ4n) is 0.447. The van der Waals surface area contributed by atoms with Gasteiger partial charge in [-0.05, 0) is 12.2 Å². The van der Waals surface area contributed by atoms with E-state index in [1.165, 1.54) is 6.20 Å². The SMILES string of the molecule is OC1=CNC=CC=C1.[Pd]. The van der Waals surface area contributed by atoms with Crippen molar-refractivity contribution in [3.63, 3.8) is 0 Å². The third-order valence-electron chi connectivity index (χ3n) is 0.802. The van der Waals surface area contributed by atoms with Crippen LogP contribution in [-0.2, 0) is 20.4 Å². The molecule has 0 bridgehead atoms. The van der Waals surface area contributed by atoms with E-state index in [2.05, 4.69) is 5.32 Å². The summed E-state index contributed by atoms with van der Waals surface area (Å²) in [6.45, 7) is 0. The Morgan fingerprint density at radius 3 is 2.89 bits per heavy atom. The first-order valence-corrected chi connectivity index (χ1v) is 2.38. The number of allylic oxidation sites excluding steroid dienone is 3. The second-order valence-electron chi connectivity index (χ2n) is 1.45. The predicted molar refractivity (Wildman–Crippen MR) is 32.1 cm³/mol. The first-order chi connectivity index (χ1) is 3.89. The Hall–Kier alpha value is -0.518. The van der Waals surface area contributed by atoms with Gasteiger partial charge in [0.15, 0.2) is 0 Å². The van der Waals surface area contributed by atoms with Gasteiger partial charge in [0.05, 0.1) is 0 Å². The molecule has 2 N–H and O–H groups in total. The van der Waals surface area contributed by atoms with Crippen LogP contribution in [0, 0.1) is 0 Å². The molecule has 1 heterocycles. The van der Waals surface area contributed by atoms with Crippen LogP contribution < -0.4 is 5.32 Å². The normalized spacial score (nSPS) is 14.9. The van der Waals surface area contributed by atoms with Crippen molar-refractivity contribution in [1.82, 2.24) is 5.32 Å². The van der Waals surface area contributed by atoms with Crippen LogP contribution in [-0.4, -0.2) is 5.11 Å². The second kappa shape index (κ2) is 4.37. The zero-order chi connectivity index (χ0) is 5.82. The zero-order valence-corrected chi connectivity index (χ0v) is 6.20. The van der Waals surface area contributed by atoms with Gasteiger partial charge in [-0.25, -0.2) is 0 Å². The minimum atomic E-state index is 0. The van der Waals surface area contributed by atoms with E-state index in [-0.39, 0.29) is 26.2 Å². The van der Waals surface area contributed by atoms with E-state index in [9.17, 15) is 0 Å². The first-order valence-electron chi connectivity index (χ1n) is 2.38. The van der Waals surface area contributed by atoms with Crippen molar-refractivity contribution in [2.75, 3.05) is 0 Å². The summed E-state index contributed by atoms with van der Waals surface area (Å²) in [5.41, 5.74) is 0. The summed E-state index contributed by atoms with van der Waals surface area (Å²) in [5, 5.41) is 11.5. The van der Waals surface area contributed by atoms with Gasteiger partial charge in [0, 0.05) is 32.8 Å². The minimum Gasteiger partial charge on any atom is -0.506 e. The van der Waals surface area contributed by atoms with E-state index in [1.807, 2.05) is 0 Å². The number of aliphatic hydroxyl groups is 1. The topological polar surface area (TPSA) is 32.3 Å². The number of hydrogen-bond donors (Lipinski definition) is 2. The second-order valence-corrected chi connectivity index (χ2v) is 1.45. The van der Waals surface area contributed by atoms with Gasteiger partial charge in [-0.1, -0.05) is 6.08 Å². The Balaban J connectivity index is 0.000000640. The van der Waals surface area contributed by atoms with E-state index in [1.54, 1.807) is 24.4 Å². The molecule has 0 spiro atoms. The van der Waals surface area contributed by atoms with Gasteiger partial charge in [0.2, 0.25) is 0 Å². The molecule has 0 unspecified atom stereocenters. The Labute approximate surface area is 67.6 Å². The molecule has 0 saturated carbocycles. The maximum Gasteiger partial charge on any atom is 0.131 e. The molecule has 0 amide bonds. The molecule has 1 aliphatic rings. The fraction of sp³-hybridized carbons (Fsp3) is 0. The number of nitrogens with one attached hydrogen (secondary N) is 1. The summed E-state index contributed by atoms with van der Waals surface area (Å²) in [6.07, 6.45) is 8.42. The molecule has 52 valence electrons. The molecule has 0 aromatic rings. The molecule has 0 aromatic carbocycles. The van der Waals surface area contributed by atoms with E-state index < -0.39 is 0 Å². The Morgan fingerprint density at radius 1 is 1.33 bits per heavy atom. The molecule has 1 rings (SSSR count). The van der Waals surface area contributed by atoms with Gasteiger partial charge in [-0.15, -0.1) is 0 Å². The fourth-order valence-corrected chi connectivity index (χ4v) is 0.447. The Bertz CT molecular complexity index is 158. The van der Waals surface area contributed by atoms with Crippen LogP contribution in [0.4, 0.5) is 0 Å². The quantitative estimate of drug-likeness (QED) is 0.592. The molecule has 0 aromatic heterocycles. The summed E-state index contributed by atoms with van der Waals surface area (Å²) >= 11 is 0. The van der Waals surface area contributed by atoms with E-state index in [0.717, 1.165) is 0 Å². The monoisotopic (exact) mass is 215 g/mol. The third kappa shape index (κ3) is 3.13. The summed E-state index contributed by atoms with van der Waals surface area (Å²) in [4.78, 5) is 0. The van der Waals surface area contributed by atoms with Crippen LogP contribution >= 0.6 is 0 Å². The molecule has 0 fully saturated rings. The largest absolute Gasteiger partial charge is 0.506 e. The average Bonchev–Trinajstić information content (AvgIpc) is 1.94. The van der Waals surface area contributed by atoms with Gasteiger partial charge in [0.25, 0.3) is 0 Å². The van der Waals surface area contributed by atoms with Crippen molar-refractivity contribution in [3.8, 4) is 0 Å². The smallest absolute Gasteiger partial charge is 0.131 e. The predicted octanol–water partition coefficient (Wildman–Crippen LogP) is 1.06.